The number of aromatic hydroxyl groups is 1. The highest BCUT2D eigenvalue weighted by Crippen LogP contribution is 2.34. The van der Waals surface area contributed by atoms with E-state index in [9.17, 15) is 24.6 Å². The molecule has 56 heavy (non-hydrogen) atoms. The fraction of sp³-hybridized carbons (Fsp3) is 0.268. The number of fused-ring (bicyclic) bond motifs is 1. The summed E-state index contributed by atoms with van der Waals surface area (Å²) in [7, 11) is 1.52. The van der Waals surface area contributed by atoms with Crippen LogP contribution in [0.1, 0.15) is 36.5 Å². The highest BCUT2D eigenvalue weighted by molar-refractivity contribution is 5.95. The zero-order valence-corrected chi connectivity index (χ0v) is 31.0. The molecule has 1 aliphatic heterocycles. The predicted molar refractivity (Wildman–Crippen MR) is 216 cm³/mol. The maximum Gasteiger partial charge on any atom is 0.411 e. The number of carbonyl (C=O) groups excluding carboxylic acids is 2. The van der Waals surface area contributed by atoms with E-state index in [2.05, 4.69) is 36.3 Å². The van der Waals surface area contributed by atoms with Gasteiger partial charge in [-0.1, -0.05) is 54.6 Å². The van der Waals surface area contributed by atoms with Crippen molar-refractivity contribution in [3.05, 3.63) is 112 Å². The quantitative estimate of drug-likeness (QED) is 0.0311. The van der Waals surface area contributed by atoms with Crippen molar-refractivity contribution in [2.45, 2.75) is 38.0 Å². The lowest BCUT2D eigenvalue weighted by molar-refractivity contribution is -0.116. The summed E-state index contributed by atoms with van der Waals surface area (Å²) in [6.45, 7) is 2.30. The minimum Gasteiger partial charge on any atom is -0.506 e. The van der Waals surface area contributed by atoms with Gasteiger partial charge < -0.3 is 45.6 Å². The van der Waals surface area contributed by atoms with Gasteiger partial charge in [0.25, 0.3) is 0 Å². The topological polar surface area (TPSA) is 216 Å². The summed E-state index contributed by atoms with van der Waals surface area (Å²) in [5.41, 5.74) is 6.97. The van der Waals surface area contributed by atoms with Crippen molar-refractivity contribution in [1.29, 1.82) is 0 Å². The van der Waals surface area contributed by atoms with Crippen LogP contribution >= 0.6 is 0 Å². The Kier molecular flexibility index (Phi) is 13.3. The summed E-state index contributed by atoms with van der Waals surface area (Å²) in [6.07, 6.45) is 1.14. The molecule has 0 unspecified atom stereocenters. The number of nitrogens with two attached hydrogens (primary N) is 1. The zero-order valence-electron chi connectivity index (χ0n) is 31.0. The maximum atomic E-state index is 13.2. The molecule has 0 bridgehead atoms. The number of nitrogens with one attached hydrogen (secondary N) is 5. The standard InChI is InChI=1S/C41H46N8O7/c1-55-37-22-34(33(44-25-45-42)21-27(37)23-43-24-36(51)30-11-13-35(50)40-31(30)12-14-38(52)48-40)46-39(53)17-20-49-18-15-28(16-19-49)56-41(54)47-32-10-6-5-9-29(32)26-7-3-2-4-8-26/h2-14,21-22,25,28,36,43,50-51H,15-20,23-24,42H2,1H3,(H,44,45)(H,46,53)(H,47,54)(H,48,52)/t36-/m0/s1. The third-order valence-electron chi connectivity index (χ3n) is 9.58. The molecule has 15 nitrogen and oxygen atoms in total. The Bertz CT molecular complexity index is 2220. The molecule has 0 spiro atoms. The van der Waals surface area contributed by atoms with Crippen LogP contribution in [0.4, 0.5) is 21.9 Å². The number of hydrogen-bond donors (Lipinski definition) is 8. The minimum atomic E-state index is -0.960. The van der Waals surface area contributed by atoms with Crippen molar-refractivity contribution in [2.24, 2.45) is 10.8 Å². The number of benzene rings is 4. The first-order chi connectivity index (χ1) is 27.2. The number of ether oxygens (including phenoxy) is 2. The molecule has 2 heterocycles. The van der Waals surface area contributed by atoms with Gasteiger partial charge in [0.15, 0.2) is 0 Å². The number of aliphatic hydroxyl groups excluding tert-OH is 1. The normalized spacial score (nSPS) is 14.1. The first kappa shape index (κ1) is 39.4. The zero-order chi connectivity index (χ0) is 39.4. The monoisotopic (exact) mass is 762 g/mol. The van der Waals surface area contributed by atoms with E-state index in [1.165, 1.54) is 25.6 Å². The van der Waals surface area contributed by atoms with Crippen LogP contribution in [0.5, 0.6) is 11.5 Å². The van der Waals surface area contributed by atoms with Gasteiger partial charge in [-0.2, -0.15) is 0 Å². The molecule has 0 radical (unpaired) electrons. The first-order valence-corrected chi connectivity index (χ1v) is 18.3. The van der Waals surface area contributed by atoms with Crippen molar-refractivity contribution in [3.63, 3.8) is 0 Å². The molecule has 2 amide bonds. The molecular formula is C41H46N8O7. The smallest absolute Gasteiger partial charge is 0.411 e. The number of piperidine rings is 1. The molecule has 1 atom stereocenters. The summed E-state index contributed by atoms with van der Waals surface area (Å²) in [5.74, 6) is 5.64. The van der Waals surface area contributed by atoms with Crippen LogP contribution in [0, 0.1) is 0 Å². The molecule has 5 aromatic rings. The molecule has 1 saturated heterocycles. The number of hydrogen-bond acceptors (Lipinski definition) is 11. The molecule has 9 N–H and O–H groups in total. The van der Waals surface area contributed by atoms with E-state index in [4.69, 9.17) is 15.3 Å². The molecule has 1 fully saturated rings. The lowest BCUT2D eigenvalue weighted by atomic mass is 10.0. The molecule has 1 aliphatic rings. The fourth-order valence-corrected chi connectivity index (χ4v) is 6.73. The van der Waals surface area contributed by atoms with Gasteiger partial charge in [-0.05, 0) is 48.2 Å². The Balaban J connectivity index is 0.993. The van der Waals surface area contributed by atoms with Crippen molar-refractivity contribution in [2.75, 3.05) is 43.9 Å². The number of rotatable bonds is 15. The van der Waals surface area contributed by atoms with Gasteiger partial charge in [-0.3, -0.25) is 14.9 Å². The SMILES string of the molecule is COc1cc(NC(=O)CCN2CCC(OC(=O)Nc3ccccc3-c3ccccc3)CC2)c(N=CNN)cc1CNC[C@H](O)c1ccc(O)c2[nH]c(=O)ccc12. The molecule has 0 saturated carbocycles. The number of aromatic nitrogens is 1. The number of phenolic OH excluding ortho intramolecular Hbond substituents is 1. The molecule has 1 aromatic heterocycles. The largest absolute Gasteiger partial charge is 0.506 e. The third-order valence-corrected chi connectivity index (χ3v) is 9.58. The second-order valence-electron chi connectivity index (χ2n) is 13.3. The molecule has 15 heteroatoms. The van der Waals surface area contributed by atoms with E-state index in [1.54, 1.807) is 24.3 Å². The van der Waals surface area contributed by atoms with Crippen molar-refractivity contribution < 1.29 is 29.3 Å². The van der Waals surface area contributed by atoms with Crippen LogP contribution in [0.2, 0.25) is 0 Å². The molecule has 6 rings (SSSR count). The van der Waals surface area contributed by atoms with Crippen LogP contribution in [0.15, 0.2) is 101 Å². The second-order valence-corrected chi connectivity index (χ2v) is 13.3. The van der Waals surface area contributed by atoms with Crippen molar-refractivity contribution in [1.82, 2.24) is 20.6 Å². The number of methoxy groups -OCH3 is 1. The van der Waals surface area contributed by atoms with Crippen LogP contribution < -0.4 is 37.5 Å². The first-order valence-electron chi connectivity index (χ1n) is 18.3. The van der Waals surface area contributed by atoms with Gasteiger partial charge in [-0.15, -0.1) is 0 Å². The number of phenols is 1. The minimum absolute atomic E-state index is 0.0889. The van der Waals surface area contributed by atoms with Crippen molar-refractivity contribution >= 4 is 46.3 Å². The summed E-state index contributed by atoms with van der Waals surface area (Å²) >= 11 is 0. The summed E-state index contributed by atoms with van der Waals surface area (Å²) < 4.78 is 11.4. The lowest BCUT2D eigenvalue weighted by Gasteiger charge is -2.31. The van der Waals surface area contributed by atoms with E-state index in [0.29, 0.717) is 71.8 Å². The van der Waals surface area contributed by atoms with Gasteiger partial charge in [0.2, 0.25) is 11.5 Å². The number of pyridine rings is 1. The number of likely N-dealkylation sites (tertiary alicyclic amines) is 1. The Morgan fingerprint density at radius 3 is 2.54 bits per heavy atom. The third kappa shape index (κ3) is 10.1. The Hall–Kier alpha value is -6.26. The van der Waals surface area contributed by atoms with Gasteiger partial charge in [0.05, 0.1) is 35.8 Å². The van der Waals surface area contributed by atoms with E-state index in [1.807, 2.05) is 54.6 Å². The van der Waals surface area contributed by atoms with Gasteiger partial charge >= 0.3 is 6.09 Å². The number of nitrogens with zero attached hydrogens (tertiary/aromatic N) is 2. The molecule has 292 valence electrons. The predicted octanol–water partition coefficient (Wildman–Crippen LogP) is 4.90. The molecule has 0 aliphatic carbocycles. The Morgan fingerprint density at radius 1 is 1.00 bits per heavy atom. The van der Waals surface area contributed by atoms with E-state index in [0.717, 1.165) is 11.1 Å². The van der Waals surface area contributed by atoms with Gasteiger partial charge in [0.1, 0.15) is 23.9 Å². The fourth-order valence-electron chi connectivity index (χ4n) is 6.73. The Labute approximate surface area is 323 Å². The van der Waals surface area contributed by atoms with E-state index >= 15 is 0 Å². The second kappa shape index (κ2) is 18.9. The highest BCUT2D eigenvalue weighted by Gasteiger charge is 2.24. The number of hydrazine groups is 1. The summed E-state index contributed by atoms with van der Waals surface area (Å²) in [4.78, 5) is 46.9. The summed E-state index contributed by atoms with van der Waals surface area (Å²) in [5, 5.41) is 30.8. The number of aliphatic hydroxyl groups is 1. The number of carbonyl (C=O) groups is 2. The Morgan fingerprint density at radius 2 is 1.77 bits per heavy atom. The van der Waals surface area contributed by atoms with Gasteiger partial charge in [0, 0.05) is 67.8 Å². The number of amides is 2. The maximum absolute atomic E-state index is 13.2. The van der Waals surface area contributed by atoms with Gasteiger partial charge in [-0.25, -0.2) is 15.6 Å². The molecular weight excluding hydrogens is 716 g/mol. The number of aliphatic imine (C=N–C) groups is 1. The average Bonchev–Trinajstić information content (AvgIpc) is 3.21. The number of aromatic amines is 1. The van der Waals surface area contributed by atoms with E-state index in [-0.39, 0.29) is 48.3 Å². The lowest BCUT2D eigenvalue weighted by Crippen LogP contribution is -2.39. The van der Waals surface area contributed by atoms with Crippen LogP contribution in [-0.2, 0) is 16.1 Å². The van der Waals surface area contributed by atoms with Crippen molar-refractivity contribution in [3.8, 4) is 22.6 Å². The molecule has 4 aromatic carbocycles. The van der Waals surface area contributed by atoms with Crippen LogP contribution in [-0.4, -0.2) is 77.8 Å². The number of H-pyrrole nitrogens is 1. The van der Waals surface area contributed by atoms with E-state index < -0.39 is 12.2 Å². The van der Waals surface area contributed by atoms with Crippen LogP contribution in [0.3, 0.4) is 0 Å². The summed E-state index contributed by atoms with van der Waals surface area (Å²) in [6, 6.07) is 26.8. The number of anilines is 2. The average molecular weight is 763 g/mol. The highest BCUT2D eigenvalue weighted by atomic mass is 16.6. The number of para-hydroxylation sites is 1. The van der Waals surface area contributed by atoms with Crippen LogP contribution in [0.25, 0.3) is 22.0 Å².